The van der Waals surface area contributed by atoms with Crippen molar-refractivity contribution in [3.8, 4) is 0 Å². The number of para-hydroxylation sites is 1. The highest BCUT2D eigenvalue weighted by atomic mass is 35.5. The summed E-state index contributed by atoms with van der Waals surface area (Å²) in [6.07, 6.45) is 5.50. The van der Waals surface area contributed by atoms with Crippen molar-refractivity contribution in [3.05, 3.63) is 41.1 Å². The molecule has 5 rings (SSSR count). The Kier molecular flexibility index (Phi) is 5.30. The van der Waals surface area contributed by atoms with E-state index in [1.807, 2.05) is 0 Å². The van der Waals surface area contributed by atoms with Gasteiger partial charge < -0.3 is 10.1 Å². The first-order valence-corrected chi connectivity index (χ1v) is 9.59. The van der Waals surface area contributed by atoms with Gasteiger partial charge in [-0.05, 0) is 62.2 Å². The van der Waals surface area contributed by atoms with Gasteiger partial charge in [-0.3, -0.25) is 4.90 Å². The molecule has 3 atom stereocenters. The minimum Gasteiger partial charge on any atom is -0.466 e. The Labute approximate surface area is 173 Å². The monoisotopic (exact) mass is 410 g/mol. The summed E-state index contributed by atoms with van der Waals surface area (Å²) < 4.78 is 5.22. The average molecular weight is 411 g/mol. The van der Waals surface area contributed by atoms with Crippen molar-refractivity contribution in [3.63, 3.8) is 0 Å². The molecule has 148 valence electrons. The van der Waals surface area contributed by atoms with Crippen molar-refractivity contribution >= 4 is 36.5 Å². The molecule has 0 bridgehead atoms. The number of nitrogens with zero attached hydrogens (tertiary/aromatic N) is 1. The highest BCUT2D eigenvalue weighted by Gasteiger charge is 2.65. The van der Waals surface area contributed by atoms with Crippen LogP contribution in [0.25, 0.3) is 0 Å². The zero-order chi connectivity index (χ0) is 17.2. The highest BCUT2D eigenvalue weighted by Crippen LogP contribution is 2.65. The highest BCUT2D eigenvalue weighted by molar-refractivity contribution is 5.93. The summed E-state index contributed by atoms with van der Waals surface area (Å²) in [5, 5.41) is 3.65. The first-order chi connectivity index (χ1) is 12.2. The topological polar surface area (TPSA) is 41.6 Å². The molecule has 0 radical (unpaired) electrons. The minimum atomic E-state index is -0.148. The number of hydrogen-bond donors (Lipinski definition) is 1. The third-order valence-corrected chi connectivity index (χ3v) is 7.41. The van der Waals surface area contributed by atoms with E-state index in [0.29, 0.717) is 6.04 Å². The van der Waals surface area contributed by atoms with E-state index in [2.05, 4.69) is 41.4 Å². The number of piperidine rings is 1. The molecule has 1 aromatic carbocycles. The van der Waals surface area contributed by atoms with Crippen LogP contribution in [0.3, 0.4) is 0 Å². The Morgan fingerprint density at radius 1 is 1.26 bits per heavy atom. The van der Waals surface area contributed by atoms with Gasteiger partial charge in [-0.2, -0.15) is 0 Å². The van der Waals surface area contributed by atoms with Gasteiger partial charge in [0.25, 0.3) is 0 Å². The predicted octanol–water partition coefficient (Wildman–Crippen LogP) is 4.29. The number of hydrogen-bond acceptors (Lipinski definition) is 4. The Morgan fingerprint density at radius 2 is 2.04 bits per heavy atom. The van der Waals surface area contributed by atoms with E-state index in [1.165, 1.54) is 37.7 Å². The van der Waals surface area contributed by atoms with Gasteiger partial charge in [-0.25, -0.2) is 4.79 Å². The fraction of sp³-hybridized carbons (Fsp3) is 0.571. The molecule has 0 amide bonds. The van der Waals surface area contributed by atoms with Gasteiger partial charge in [-0.15, -0.1) is 24.8 Å². The van der Waals surface area contributed by atoms with Crippen molar-refractivity contribution in [2.75, 3.05) is 25.5 Å². The lowest BCUT2D eigenvalue weighted by Gasteiger charge is -2.56. The second-order valence-corrected chi connectivity index (χ2v) is 8.17. The predicted molar refractivity (Wildman–Crippen MR) is 112 cm³/mol. The molecule has 1 N–H and O–H groups in total. The van der Waals surface area contributed by atoms with Gasteiger partial charge >= 0.3 is 5.97 Å². The molecular formula is C21H28Cl2N2O2. The number of ether oxygens (including phenoxy) is 1. The number of esters is 1. The van der Waals surface area contributed by atoms with E-state index in [0.717, 1.165) is 37.1 Å². The van der Waals surface area contributed by atoms with Gasteiger partial charge in [0.1, 0.15) is 0 Å². The number of methoxy groups -OCH3 is 1. The van der Waals surface area contributed by atoms with Crippen molar-refractivity contribution < 1.29 is 9.53 Å². The van der Waals surface area contributed by atoms with Crippen LogP contribution in [-0.4, -0.2) is 37.1 Å². The molecule has 3 heterocycles. The fourth-order valence-electron chi connectivity index (χ4n) is 6.49. The molecule has 1 spiro atoms. The number of fused-ring (bicyclic) bond motifs is 1. The number of anilines is 1. The SMILES string of the molecule is CC[C@]12CCCN3CC[C@]4(C(=C(C(=O)OC)C1)Nc1ccccc14)C32.Cl.Cl. The summed E-state index contributed by atoms with van der Waals surface area (Å²) in [6.45, 7) is 4.63. The second kappa shape index (κ2) is 6.98. The molecule has 0 aromatic heterocycles. The Balaban J connectivity index is 0.00000105. The second-order valence-electron chi connectivity index (χ2n) is 8.17. The summed E-state index contributed by atoms with van der Waals surface area (Å²) in [5.41, 5.74) is 4.71. The maximum Gasteiger partial charge on any atom is 0.335 e. The van der Waals surface area contributed by atoms with Gasteiger partial charge in [0.15, 0.2) is 0 Å². The van der Waals surface area contributed by atoms with Crippen LogP contribution in [0.15, 0.2) is 35.5 Å². The molecule has 2 fully saturated rings. The minimum absolute atomic E-state index is 0. The van der Waals surface area contributed by atoms with Crippen molar-refractivity contribution in [2.24, 2.45) is 5.41 Å². The summed E-state index contributed by atoms with van der Waals surface area (Å²) in [4.78, 5) is 15.4. The Hall–Kier alpha value is -1.23. The number of nitrogens with one attached hydrogen (secondary N) is 1. The van der Waals surface area contributed by atoms with Gasteiger partial charge in [-0.1, -0.05) is 25.1 Å². The van der Waals surface area contributed by atoms with Gasteiger partial charge in [0.2, 0.25) is 0 Å². The Morgan fingerprint density at radius 3 is 2.78 bits per heavy atom. The molecule has 27 heavy (non-hydrogen) atoms. The lowest BCUT2D eigenvalue weighted by atomic mass is 9.53. The van der Waals surface area contributed by atoms with Crippen LogP contribution < -0.4 is 5.32 Å². The first-order valence-electron chi connectivity index (χ1n) is 9.59. The Bertz CT molecular complexity index is 796. The van der Waals surface area contributed by atoms with Crippen molar-refractivity contribution in [1.29, 1.82) is 0 Å². The van der Waals surface area contributed by atoms with Crippen LogP contribution in [0, 0.1) is 5.41 Å². The van der Waals surface area contributed by atoms with E-state index in [-0.39, 0.29) is 41.6 Å². The number of carbonyl (C=O) groups is 1. The summed E-state index contributed by atoms with van der Waals surface area (Å²) in [6, 6.07) is 9.15. The third-order valence-electron chi connectivity index (χ3n) is 7.41. The lowest BCUT2D eigenvalue weighted by Crippen LogP contribution is -2.59. The number of carbonyl (C=O) groups excluding carboxylic acids is 1. The molecule has 6 heteroatoms. The maximum atomic E-state index is 12.7. The largest absolute Gasteiger partial charge is 0.466 e. The third kappa shape index (κ3) is 2.43. The smallest absolute Gasteiger partial charge is 0.335 e. The summed E-state index contributed by atoms with van der Waals surface area (Å²) in [7, 11) is 1.51. The van der Waals surface area contributed by atoms with Crippen molar-refractivity contribution in [1.82, 2.24) is 4.90 Å². The van der Waals surface area contributed by atoms with E-state index >= 15 is 0 Å². The number of rotatable bonds is 2. The zero-order valence-corrected chi connectivity index (χ0v) is 17.5. The maximum absolute atomic E-state index is 12.7. The van der Waals surface area contributed by atoms with E-state index in [9.17, 15) is 4.79 Å². The van der Waals surface area contributed by atoms with Crippen molar-refractivity contribution in [2.45, 2.75) is 50.5 Å². The summed E-state index contributed by atoms with van der Waals surface area (Å²) in [5.74, 6) is -0.148. The molecular weight excluding hydrogens is 383 g/mol. The van der Waals surface area contributed by atoms with Crippen LogP contribution in [0.1, 0.15) is 44.6 Å². The van der Waals surface area contributed by atoms with Crippen LogP contribution in [0.2, 0.25) is 0 Å². The average Bonchev–Trinajstić information content (AvgIpc) is 3.21. The molecule has 1 aromatic rings. The molecule has 2 saturated heterocycles. The van der Waals surface area contributed by atoms with Gasteiger partial charge in [0, 0.05) is 17.4 Å². The number of benzene rings is 1. The van der Waals surface area contributed by atoms with Crippen LogP contribution >= 0.6 is 24.8 Å². The standard InChI is InChI=1S/C21H26N2O2.2ClH/c1-3-20-9-6-11-23-12-10-21(19(20)23)15-7-4-5-8-16(15)22-17(21)14(13-20)18(24)25-2;;/h4-5,7-8,19,22H,3,6,9-13H2,1-2H3;2*1H/t19?,20-,21-;;/m0../s1. The van der Waals surface area contributed by atoms with E-state index in [1.54, 1.807) is 0 Å². The fourth-order valence-corrected chi connectivity index (χ4v) is 6.49. The van der Waals surface area contributed by atoms with Crippen LogP contribution in [0.4, 0.5) is 5.69 Å². The molecule has 4 nitrogen and oxygen atoms in total. The number of halogens is 2. The molecule has 3 aliphatic heterocycles. The normalized spacial score (nSPS) is 33.0. The quantitative estimate of drug-likeness (QED) is 0.738. The molecule has 1 aliphatic carbocycles. The molecule has 4 aliphatic rings. The first kappa shape index (κ1) is 20.5. The van der Waals surface area contributed by atoms with E-state index < -0.39 is 0 Å². The van der Waals surface area contributed by atoms with E-state index in [4.69, 9.17) is 4.74 Å². The molecule has 0 saturated carbocycles. The summed E-state index contributed by atoms with van der Waals surface area (Å²) >= 11 is 0. The lowest BCUT2D eigenvalue weighted by molar-refractivity contribution is -0.137. The van der Waals surface area contributed by atoms with Crippen LogP contribution in [-0.2, 0) is 14.9 Å². The zero-order valence-electron chi connectivity index (χ0n) is 15.9. The van der Waals surface area contributed by atoms with Crippen LogP contribution in [0.5, 0.6) is 0 Å². The molecule has 1 unspecified atom stereocenters. The van der Waals surface area contributed by atoms with Gasteiger partial charge in [0.05, 0.1) is 18.1 Å².